The molecule has 5 atom stereocenters. The van der Waals surface area contributed by atoms with Crippen LogP contribution in [0.15, 0.2) is 12.2 Å². The van der Waals surface area contributed by atoms with Crippen molar-refractivity contribution in [1.82, 2.24) is 4.90 Å². The van der Waals surface area contributed by atoms with Crippen LogP contribution in [0.3, 0.4) is 0 Å². The summed E-state index contributed by atoms with van der Waals surface area (Å²) in [6.45, 7) is 3.69. The average molecular weight is 295 g/mol. The molecule has 1 aliphatic heterocycles. The number of carboxylic acid groups (broad SMARTS) is 1. The van der Waals surface area contributed by atoms with E-state index < -0.39 is 11.9 Å². The fourth-order valence-electron chi connectivity index (χ4n) is 3.87. The molecule has 0 aromatic heterocycles. The fraction of sp³-hybridized carbons (Fsp3) is 0.733. The smallest absolute Gasteiger partial charge is 0.307 e. The van der Waals surface area contributed by atoms with E-state index in [0.717, 1.165) is 31.7 Å². The number of hydrogen-bond donors (Lipinski definition) is 1. The second kappa shape index (κ2) is 5.43. The number of carbonyl (C=O) groups excluding carboxylic acids is 1. The summed E-state index contributed by atoms with van der Waals surface area (Å²) in [5.74, 6) is -0.392. The van der Waals surface area contributed by atoms with Crippen molar-refractivity contribution in [1.29, 1.82) is 0 Å². The van der Waals surface area contributed by atoms with Crippen LogP contribution in [0.25, 0.3) is 0 Å². The van der Waals surface area contributed by atoms with Gasteiger partial charge in [0.1, 0.15) is 0 Å². The Morgan fingerprint density at radius 2 is 2.00 bits per heavy atom. The van der Waals surface area contributed by atoms with Gasteiger partial charge < -0.3 is 10.0 Å². The summed E-state index contributed by atoms with van der Waals surface area (Å²) in [7, 11) is 0. The Morgan fingerprint density at radius 3 is 2.65 bits per heavy atom. The maximum atomic E-state index is 12.8. The van der Waals surface area contributed by atoms with Gasteiger partial charge in [0.25, 0.3) is 0 Å². The largest absolute Gasteiger partial charge is 0.481 e. The Balaban J connectivity index is 1.76. The van der Waals surface area contributed by atoms with Crippen LogP contribution in [0.4, 0.5) is 0 Å². The highest BCUT2D eigenvalue weighted by Crippen LogP contribution is 2.49. The predicted molar refractivity (Wildman–Crippen MR) is 78.5 cm³/mol. The van der Waals surface area contributed by atoms with Crippen molar-refractivity contribution >= 4 is 23.6 Å². The van der Waals surface area contributed by atoms with Gasteiger partial charge in [-0.2, -0.15) is 11.8 Å². The monoisotopic (exact) mass is 295 g/mol. The molecule has 0 aromatic carbocycles. The molecule has 0 radical (unpaired) electrons. The van der Waals surface area contributed by atoms with Crippen molar-refractivity contribution in [2.24, 2.45) is 23.7 Å². The summed E-state index contributed by atoms with van der Waals surface area (Å²) in [5.41, 5.74) is 0. The van der Waals surface area contributed by atoms with Crippen LogP contribution in [-0.4, -0.2) is 46.0 Å². The van der Waals surface area contributed by atoms with Crippen molar-refractivity contribution in [3.05, 3.63) is 12.2 Å². The van der Waals surface area contributed by atoms with E-state index in [-0.39, 0.29) is 23.7 Å². The quantitative estimate of drug-likeness (QED) is 0.808. The Labute approximate surface area is 123 Å². The van der Waals surface area contributed by atoms with Gasteiger partial charge in [0.05, 0.1) is 11.8 Å². The van der Waals surface area contributed by atoms with Crippen LogP contribution >= 0.6 is 11.8 Å². The average Bonchev–Trinajstić information content (AvgIpc) is 3.07. The summed E-state index contributed by atoms with van der Waals surface area (Å²) in [5, 5.41) is 9.95. The molecule has 110 valence electrons. The number of nitrogens with zero attached hydrogens (tertiary/aromatic N) is 1. The Hall–Kier alpha value is -0.970. The first kappa shape index (κ1) is 14.0. The van der Waals surface area contributed by atoms with E-state index in [1.54, 1.807) is 0 Å². The molecule has 5 heteroatoms. The minimum absolute atomic E-state index is 0.0626. The maximum Gasteiger partial charge on any atom is 0.307 e. The number of amides is 1. The molecule has 1 N–H and O–H groups in total. The van der Waals surface area contributed by atoms with E-state index >= 15 is 0 Å². The normalized spacial score (nSPS) is 39.2. The highest BCUT2D eigenvalue weighted by molar-refractivity contribution is 8.00. The molecule has 1 saturated heterocycles. The first-order chi connectivity index (χ1) is 9.61. The molecule has 0 aromatic rings. The number of thioether (sulfide) groups is 1. The molecular weight excluding hydrogens is 274 g/mol. The molecule has 0 spiro atoms. The van der Waals surface area contributed by atoms with Gasteiger partial charge in [0.15, 0.2) is 0 Å². The number of rotatable bonds is 3. The van der Waals surface area contributed by atoms with Crippen molar-refractivity contribution in [2.45, 2.75) is 25.0 Å². The second-order valence-electron chi connectivity index (χ2n) is 6.02. The zero-order valence-corrected chi connectivity index (χ0v) is 12.5. The van der Waals surface area contributed by atoms with Crippen LogP contribution in [0.2, 0.25) is 0 Å². The summed E-state index contributed by atoms with van der Waals surface area (Å²) in [6.07, 6.45) is 5.96. The second-order valence-corrected chi connectivity index (χ2v) is 7.43. The molecule has 2 fully saturated rings. The first-order valence-electron chi connectivity index (χ1n) is 7.43. The fourth-order valence-corrected chi connectivity index (χ4v) is 5.05. The highest BCUT2D eigenvalue weighted by atomic mass is 32.2. The molecule has 3 aliphatic rings. The van der Waals surface area contributed by atoms with Gasteiger partial charge in [-0.15, -0.1) is 0 Å². The van der Waals surface area contributed by atoms with Crippen molar-refractivity contribution < 1.29 is 14.7 Å². The Bertz CT molecular complexity index is 450. The van der Waals surface area contributed by atoms with Gasteiger partial charge >= 0.3 is 5.97 Å². The summed E-state index contributed by atoms with van der Waals surface area (Å²) in [4.78, 5) is 26.2. The Kier molecular flexibility index (Phi) is 3.80. The van der Waals surface area contributed by atoms with Crippen LogP contribution < -0.4 is 0 Å². The molecule has 4 nitrogen and oxygen atoms in total. The first-order valence-corrected chi connectivity index (χ1v) is 8.48. The van der Waals surface area contributed by atoms with Gasteiger partial charge in [-0.05, 0) is 24.7 Å². The highest BCUT2D eigenvalue weighted by Gasteiger charge is 2.52. The summed E-state index contributed by atoms with van der Waals surface area (Å²) in [6, 6.07) is 0. The minimum atomic E-state index is -0.807. The SMILES string of the molecule is CCC1CN(C(=O)C2C3C=CC(C3)C2C(=O)O)CCS1. The van der Waals surface area contributed by atoms with Gasteiger partial charge in [0.2, 0.25) is 5.91 Å². The molecule has 5 unspecified atom stereocenters. The summed E-state index contributed by atoms with van der Waals surface area (Å²) >= 11 is 1.93. The topological polar surface area (TPSA) is 57.6 Å². The van der Waals surface area contributed by atoms with Crippen LogP contribution in [0.1, 0.15) is 19.8 Å². The lowest BCUT2D eigenvalue weighted by Crippen LogP contribution is -2.48. The van der Waals surface area contributed by atoms with Crippen molar-refractivity contribution in [2.75, 3.05) is 18.8 Å². The van der Waals surface area contributed by atoms with Crippen molar-refractivity contribution in [3.8, 4) is 0 Å². The standard InChI is InChI=1S/C15H21NO3S/c1-2-11-8-16(5-6-20-11)14(17)12-9-3-4-10(7-9)13(12)15(18)19/h3-4,9-13H,2,5-8H2,1H3,(H,18,19). The molecule has 2 aliphatic carbocycles. The van der Waals surface area contributed by atoms with E-state index in [2.05, 4.69) is 13.0 Å². The zero-order valence-electron chi connectivity index (χ0n) is 11.7. The van der Waals surface area contributed by atoms with Gasteiger partial charge in [-0.25, -0.2) is 0 Å². The molecule has 1 amide bonds. The van der Waals surface area contributed by atoms with E-state index in [1.165, 1.54) is 0 Å². The maximum absolute atomic E-state index is 12.8. The lowest BCUT2D eigenvalue weighted by atomic mass is 9.82. The summed E-state index contributed by atoms with van der Waals surface area (Å²) < 4.78 is 0. The van der Waals surface area contributed by atoms with Gasteiger partial charge in [0, 0.05) is 24.1 Å². The number of hydrogen-bond acceptors (Lipinski definition) is 3. The van der Waals surface area contributed by atoms with Crippen LogP contribution in [0.5, 0.6) is 0 Å². The van der Waals surface area contributed by atoms with Gasteiger partial charge in [-0.1, -0.05) is 19.1 Å². The molecule has 20 heavy (non-hydrogen) atoms. The minimum Gasteiger partial charge on any atom is -0.481 e. The third kappa shape index (κ3) is 2.26. The van der Waals surface area contributed by atoms with Crippen LogP contribution in [0, 0.1) is 23.7 Å². The number of carboxylic acids is 1. The van der Waals surface area contributed by atoms with Gasteiger partial charge in [-0.3, -0.25) is 9.59 Å². The lowest BCUT2D eigenvalue weighted by molar-refractivity contribution is -0.151. The van der Waals surface area contributed by atoms with Crippen molar-refractivity contribution in [3.63, 3.8) is 0 Å². The molecular formula is C15H21NO3S. The van der Waals surface area contributed by atoms with E-state index in [4.69, 9.17) is 0 Å². The molecule has 3 rings (SSSR count). The molecule has 2 bridgehead atoms. The van der Waals surface area contributed by atoms with E-state index in [1.807, 2.05) is 22.7 Å². The number of aliphatic carboxylic acids is 1. The number of allylic oxidation sites excluding steroid dienone is 2. The van der Waals surface area contributed by atoms with E-state index in [0.29, 0.717) is 5.25 Å². The lowest BCUT2D eigenvalue weighted by Gasteiger charge is -2.36. The molecule has 1 heterocycles. The zero-order chi connectivity index (χ0) is 14.3. The Morgan fingerprint density at radius 1 is 1.30 bits per heavy atom. The third-order valence-corrected chi connectivity index (χ3v) is 6.31. The number of carbonyl (C=O) groups is 2. The third-order valence-electron chi connectivity index (χ3n) is 4.94. The van der Waals surface area contributed by atoms with Crippen LogP contribution in [-0.2, 0) is 9.59 Å². The molecule has 1 saturated carbocycles. The predicted octanol–water partition coefficient (Wildman–Crippen LogP) is 1.86. The number of fused-ring (bicyclic) bond motifs is 2. The van der Waals surface area contributed by atoms with E-state index in [9.17, 15) is 14.7 Å².